The molecule has 1 aliphatic heterocycles. The summed E-state index contributed by atoms with van der Waals surface area (Å²) >= 11 is 0. The number of ketones is 1. The van der Waals surface area contributed by atoms with E-state index in [4.69, 9.17) is 9.47 Å². The fourth-order valence-electron chi connectivity index (χ4n) is 4.59. The van der Waals surface area contributed by atoms with Gasteiger partial charge in [-0.2, -0.15) is 0 Å². The van der Waals surface area contributed by atoms with Crippen LogP contribution >= 0.6 is 0 Å². The number of carbonyl (C=O) groups excluding carboxylic acids is 1. The van der Waals surface area contributed by atoms with Crippen molar-refractivity contribution < 1.29 is 40.2 Å². The van der Waals surface area contributed by atoms with Crippen molar-refractivity contribution in [2.75, 3.05) is 24.2 Å². The molecule has 222 valence electrons. The van der Waals surface area contributed by atoms with Gasteiger partial charge in [0, 0.05) is 24.8 Å². The SMILES string of the molecule is CCS(=O)(=O)NC[C@@H]1CC[C@@H](Nc2c(F)cnc3[nH]cc(C(=O)c4ccc(Oc5c(F)cccc5F)cc4F)c23)CO1. The molecular formula is C28H26F4N4O5S. The van der Waals surface area contributed by atoms with Crippen LogP contribution in [-0.4, -0.2) is 55.2 Å². The van der Waals surface area contributed by atoms with Crippen LogP contribution in [0.2, 0.25) is 0 Å². The van der Waals surface area contributed by atoms with E-state index in [9.17, 15) is 22.0 Å². The lowest BCUT2D eigenvalue weighted by molar-refractivity contribution is 0.0132. The smallest absolute Gasteiger partial charge is 0.211 e. The van der Waals surface area contributed by atoms with Crippen molar-refractivity contribution in [2.45, 2.75) is 31.9 Å². The molecule has 0 radical (unpaired) electrons. The fraction of sp³-hybridized carbons (Fsp3) is 0.286. The van der Waals surface area contributed by atoms with Gasteiger partial charge in [0.2, 0.25) is 10.0 Å². The highest BCUT2D eigenvalue weighted by Crippen LogP contribution is 2.33. The Hall–Kier alpha value is -4.01. The second-order valence-corrected chi connectivity index (χ2v) is 11.8. The molecule has 2 aromatic carbocycles. The molecule has 2 aromatic heterocycles. The highest BCUT2D eigenvalue weighted by atomic mass is 32.2. The predicted octanol–water partition coefficient (Wildman–Crippen LogP) is 5.04. The minimum atomic E-state index is -3.37. The number of hydrogen-bond acceptors (Lipinski definition) is 7. The summed E-state index contributed by atoms with van der Waals surface area (Å²) in [6.45, 7) is 1.80. The van der Waals surface area contributed by atoms with E-state index < -0.39 is 44.8 Å². The fourth-order valence-corrected chi connectivity index (χ4v) is 5.23. The van der Waals surface area contributed by atoms with E-state index in [1.165, 1.54) is 19.2 Å². The minimum Gasteiger partial charge on any atom is -0.451 e. The van der Waals surface area contributed by atoms with Crippen LogP contribution < -0.4 is 14.8 Å². The van der Waals surface area contributed by atoms with Crippen LogP contribution in [0.15, 0.2) is 48.8 Å². The number of H-pyrrole nitrogens is 1. The Balaban J connectivity index is 1.35. The number of fused-ring (bicyclic) bond motifs is 1. The van der Waals surface area contributed by atoms with Gasteiger partial charge in [-0.15, -0.1) is 0 Å². The van der Waals surface area contributed by atoms with Gasteiger partial charge in [0.25, 0.3) is 0 Å². The first-order valence-electron chi connectivity index (χ1n) is 13.0. The van der Waals surface area contributed by atoms with E-state index in [0.717, 1.165) is 36.5 Å². The molecule has 1 aliphatic rings. The number of aromatic nitrogens is 2. The lowest BCUT2D eigenvalue weighted by atomic mass is 10.0. The Bertz CT molecular complexity index is 1720. The van der Waals surface area contributed by atoms with E-state index in [1.54, 1.807) is 0 Å². The molecule has 0 amide bonds. The van der Waals surface area contributed by atoms with Gasteiger partial charge in [0.1, 0.15) is 17.2 Å². The number of hydrogen-bond donors (Lipinski definition) is 3. The zero-order valence-electron chi connectivity index (χ0n) is 22.2. The van der Waals surface area contributed by atoms with Crippen molar-refractivity contribution in [1.82, 2.24) is 14.7 Å². The largest absolute Gasteiger partial charge is 0.451 e. The summed E-state index contributed by atoms with van der Waals surface area (Å²) in [5.41, 5.74) is -0.290. The van der Waals surface area contributed by atoms with Crippen LogP contribution in [0.3, 0.4) is 0 Å². The molecule has 2 atom stereocenters. The monoisotopic (exact) mass is 606 g/mol. The van der Waals surface area contributed by atoms with Crippen molar-refractivity contribution >= 4 is 32.5 Å². The summed E-state index contributed by atoms with van der Waals surface area (Å²) in [7, 11) is -3.37. The molecule has 14 heteroatoms. The van der Waals surface area contributed by atoms with E-state index in [-0.39, 0.29) is 64.6 Å². The third-order valence-corrected chi connectivity index (χ3v) is 8.22. The van der Waals surface area contributed by atoms with Gasteiger partial charge in [0.05, 0.1) is 46.9 Å². The third kappa shape index (κ3) is 6.25. The number of anilines is 1. The standard InChI is InChI=1S/C28H26F4N4O5S/c1-2-42(38,39)35-11-17-7-6-15(14-40-17)36-25-23(32)13-34-28-24(25)19(12-33-28)26(37)18-9-8-16(10-22(18)31)41-27-20(29)4-3-5-21(27)30/h3-5,8-10,12-13,15,17,35H,2,6-7,11,14H2,1H3,(H2,33,34,36)/t15-,17+/m1/s1. The Labute approximate surface area is 238 Å². The molecule has 0 saturated carbocycles. The summed E-state index contributed by atoms with van der Waals surface area (Å²) in [6.07, 6.45) is 2.94. The summed E-state index contributed by atoms with van der Waals surface area (Å²) in [4.78, 5) is 20.2. The number of benzene rings is 2. The molecule has 0 bridgehead atoms. The molecule has 0 unspecified atom stereocenters. The number of nitrogens with zero attached hydrogens (tertiary/aromatic N) is 1. The maximum absolute atomic E-state index is 15.1. The number of para-hydroxylation sites is 1. The average molecular weight is 607 g/mol. The van der Waals surface area contributed by atoms with Crippen LogP contribution in [0.1, 0.15) is 35.7 Å². The van der Waals surface area contributed by atoms with Gasteiger partial charge in [-0.05, 0) is 44.0 Å². The maximum atomic E-state index is 15.1. The first-order valence-corrected chi connectivity index (χ1v) is 14.7. The topological polar surface area (TPSA) is 122 Å². The van der Waals surface area contributed by atoms with Gasteiger partial charge >= 0.3 is 0 Å². The Morgan fingerprint density at radius 3 is 2.50 bits per heavy atom. The van der Waals surface area contributed by atoms with Gasteiger partial charge in [-0.25, -0.2) is 35.7 Å². The van der Waals surface area contributed by atoms with Crippen molar-refractivity contribution in [1.29, 1.82) is 0 Å². The third-order valence-electron chi connectivity index (χ3n) is 6.85. The Morgan fingerprint density at radius 2 is 1.83 bits per heavy atom. The first kappa shape index (κ1) is 29.5. The van der Waals surface area contributed by atoms with Crippen LogP contribution in [0, 0.1) is 23.3 Å². The first-order chi connectivity index (χ1) is 20.1. The van der Waals surface area contributed by atoms with Gasteiger partial charge in [-0.1, -0.05) is 6.07 Å². The minimum absolute atomic E-state index is 0.0290. The average Bonchev–Trinajstić information content (AvgIpc) is 3.40. The van der Waals surface area contributed by atoms with E-state index in [0.29, 0.717) is 12.8 Å². The summed E-state index contributed by atoms with van der Waals surface area (Å²) in [5, 5.41) is 3.16. The van der Waals surface area contributed by atoms with Gasteiger partial charge in [0.15, 0.2) is 29.0 Å². The van der Waals surface area contributed by atoms with Crippen molar-refractivity contribution in [3.8, 4) is 11.5 Å². The van der Waals surface area contributed by atoms with E-state index in [2.05, 4.69) is 20.0 Å². The normalized spacial score (nSPS) is 17.4. The molecule has 1 fully saturated rings. The van der Waals surface area contributed by atoms with E-state index >= 15 is 8.78 Å². The van der Waals surface area contributed by atoms with Crippen molar-refractivity contribution in [3.05, 3.63) is 83.2 Å². The molecular weight excluding hydrogens is 580 g/mol. The maximum Gasteiger partial charge on any atom is 0.211 e. The number of rotatable bonds is 10. The molecule has 3 N–H and O–H groups in total. The summed E-state index contributed by atoms with van der Waals surface area (Å²) < 4.78 is 94.8. The number of pyridine rings is 1. The van der Waals surface area contributed by atoms with Crippen LogP contribution in [-0.2, 0) is 14.8 Å². The molecule has 0 spiro atoms. The molecule has 9 nitrogen and oxygen atoms in total. The van der Waals surface area contributed by atoms with Crippen molar-refractivity contribution in [2.24, 2.45) is 0 Å². The number of ether oxygens (including phenoxy) is 2. The molecule has 4 aromatic rings. The summed E-state index contributed by atoms with van der Waals surface area (Å²) in [5.74, 6) is -5.52. The van der Waals surface area contributed by atoms with Gasteiger partial charge < -0.3 is 19.8 Å². The molecule has 42 heavy (non-hydrogen) atoms. The quantitative estimate of drug-likeness (QED) is 0.171. The zero-order chi connectivity index (χ0) is 30.0. The molecule has 5 rings (SSSR count). The highest BCUT2D eigenvalue weighted by molar-refractivity contribution is 7.89. The van der Waals surface area contributed by atoms with Crippen molar-refractivity contribution in [3.63, 3.8) is 0 Å². The number of carbonyl (C=O) groups is 1. The van der Waals surface area contributed by atoms with Crippen LogP contribution in [0.25, 0.3) is 11.0 Å². The molecule has 1 saturated heterocycles. The lowest BCUT2D eigenvalue weighted by Crippen LogP contribution is -2.41. The second kappa shape index (κ2) is 12.1. The zero-order valence-corrected chi connectivity index (χ0v) is 23.0. The van der Waals surface area contributed by atoms with Crippen LogP contribution in [0.4, 0.5) is 23.2 Å². The number of halogens is 4. The van der Waals surface area contributed by atoms with Gasteiger partial charge in [-0.3, -0.25) is 4.79 Å². The predicted molar refractivity (Wildman–Crippen MR) is 146 cm³/mol. The molecule has 3 heterocycles. The number of aromatic amines is 1. The summed E-state index contributed by atoms with van der Waals surface area (Å²) in [6, 6.07) is 5.87. The highest BCUT2D eigenvalue weighted by Gasteiger charge is 2.27. The number of nitrogens with one attached hydrogen (secondary N) is 3. The lowest BCUT2D eigenvalue weighted by Gasteiger charge is -2.30. The molecule has 0 aliphatic carbocycles. The second-order valence-electron chi connectivity index (χ2n) is 9.66. The van der Waals surface area contributed by atoms with E-state index in [1.807, 2.05) is 0 Å². The van der Waals surface area contributed by atoms with Crippen LogP contribution in [0.5, 0.6) is 11.5 Å². The number of sulfonamides is 1. The Kier molecular flexibility index (Phi) is 8.48. The Morgan fingerprint density at radius 1 is 1.07 bits per heavy atom.